The minimum Gasteiger partial charge on any atom is -0.342 e. The van der Waals surface area contributed by atoms with Crippen LogP contribution in [0.15, 0.2) is 53.6 Å². The average molecular weight is 399 g/mol. The predicted octanol–water partition coefficient (Wildman–Crippen LogP) is 3.36. The van der Waals surface area contributed by atoms with Crippen LogP contribution in [-0.4, -0.2) is 20.4 Å². The Morgan fingerprint density at radius 1 is 1.21 bits per heavy atom. The zero-order valence-corrected chi connectivity index (χ0v) is 15.5. The standard InChI is InChI=1S/C20H16ClFN4O2/c21-15-4-3-13(22)10-14(15)20(28)25-16-2-1-9-26-18(27)11-17(24-19(16)26)12-5-7-23-8-6-12/h3-8,10-11,16H,1-2,9H2,(H,25,28). The minimum atomic E-state index is -0.548. The first kappa shape index (κ1) is 18.3. The van der Waals surface area contributed by atoms with Gasteiger partial charge < -0.3 is 5.32 Å². The summed E-state index contributed by atoms with van der Waals surface area (Å²) in [5.74, 6) is -0.578. The van der Waals surface area contributed by atoms with Crippen molar-refractivity contribution < 1.29 is 9.18 Å². The number of carbonyl (C=O) groups is 1. The van der Waals surface area contributed by atoms with Crippen LogP contribution in [0.1, 0.15) is 35.1 Å². The highest BCUT2D eigenvalue weighted by Crippen LogP contribution is 2.26. The van der Waals surface area contributed by atoms with E-state index in [9.17, 15) is 14.0 Å². The van der Waals surface area contributed by atoms with Crippen LogP contribution >= 0.6 is 11.6 Å². The number of benzene rings is 1. The fourth-order valence-electron chi connectivity index (χ4n) is 3.31. The summed E-state index contributed by atoms with van der Waals surface area (Å²) in [6, 6.07) is 8.15. The van der Waals surface area contributed by atoms with Gasteiger partial charge in [0.25, 0.3) is 11.5 Å². The third-order valence-electron chi connectivity index (χ3n) is 4.68. The largest absolute Gasteiger partial charge is 0.342 e. The first-order valence-corrected chi connectivity index (χ1v) is 9.19. The van der Waals surface area contributed by atoms with Gasteiger partial charge in [0, 0.05) is 30.6 Å². The van der Waals surface area contributed by atoms with Crippen molar-refractivity contribution in [2.75, 3.05) is 0 Å². The monoisotopic (exact) mass is 398 g/mol. The Kier molecular flexibility index (Phi) is 4.92. The number of nitrogens with zero attached hydrogens (tertiary/aromatic N) is 3. The van der Waals surface area contributed by atoms with Crippen LogP contribution in [0, 0.1) is 5.82 Å². The quantitative estimate of drug-likeness (QED) is 0.733. The fraction of sp³-hybridized carbons (Fsp3) is 0.200. The van der Waals surface area contributed by atoms with Gasteiger partial charge in [-0.3, -0.25) is 19.1 Å². The zero-order valence-electron chi connectivity index (χ0n) is 14.7. The minimum absolute atomic E-state index is 0.0476. The number of halogens is 2. The van der Waals surface area contributed by atoms with Crippen LogP contribution in [-0.2, 0) is 6.54 Å². The highest BCUT2D eigenvalue weighted by atomic mass is 35.5. The molecule has 0 fully saturated rings. The molecule has 1 amide bonds. The van der Waals surface area contributed by atoms with Crippen LogP contribution in [0.5, 0.6) is 0 Å². The predicted molar refractivity (Wildman–Crippen MR) is 103 cm³/mol. The maximum atomic E-state index is 13.5. The number of pyridine rings is 1. The molecule has 1 unspecified atom stereocenters. The Hall–Kier alpha value is -3.06. The van der Waals surface area contributed by atoms with Crippen molar-refractivity contribution in [1.29, 1.82) is 0 Å². The molecule has 0 radical (unpaired) electrons. The van der Waals surface area contributed by atoms with E-state index in [1.165, 1.54) is 18.2 Å². The van der Waals surface area contributed by atoms with Gasteiger partial charge in [-0.05, 0) is 43.2 Å². The van der Waals surface area contributed by atoms with Crippen molar-refractivity contribution in [1.82, 2.24) is 19.9 Å². The molecule has 0 saturated heterocycles. The van der Waals surface area contributed by atoms with Crippen molar-refractivity contribution in [2.45, 2.75) is 25.4 Å². The van der Waals surface area contributed by atoms with E-state index < -0.39 is 17.8 Å². The molecule has 28 heavy (non-hydrogen) atoms. The molecule has 3 heterocycles. The maximum Gasteiger partial charge on any atom is 0.254 e. The molecular weight excluding hydrogens is 383 g/mol. The van der Waals surface area contributed by atoms with Gasteiger partial charge in [-0.1, -0.05) is 11.6 Å². The summed E-state index contributed by atoms with van der Waals surface area (Å²) in [5.41, 5.74) is 1.15. The molecular formula is C20H16ClFN4O2. The molecule has 1 N–H and O–H groups in total. The van der Waals surface area contributed by atoms with Gasteiger partial charge in [0.05, 0.1) is 22.3 Å². The van der Waals surface area contributed by atoms with E-state index in [0.29, 0.717) is 30.9 Å². The molecule has 8 heteroatoms. The molecule has 1 aliphatic rings. The van der Waals surface area contributed by atoms with Gasteiger partial charge in [-0.25, -0.2) is 9.37 Å². The molecule has 2 aromatic heterocycles. The normalized spacial score (nSPS) is 15.7. The van der Waals surface area contributed by atoms with E-state index in [-0.39, 0.29) is 16.1 Å². The molecule has 142 valence electrons. The van der Waals surface area contributed by atoms with Crippen LogP contribution in [0.4, 0.5) is 4.39 Å². The molecule has 1 atom stereocenters. The number of fused-ring (bicyclic) bond motifs is 1. The van der Waals surface area contributed by atoms with E-state index >= 15 is 0 Å². The van der Waals surface area contributed by atoms with Gasteiger partial charge in [-0.2, -0.15) is 0 Å². The Labute approximate surface area is 165 Å². The molecule has 0 spiro atoms. The van der Waals surface area contributed by atoms with Gasteiger partial charge >= 0.3 is 0 Å². The number of amides is 1. The molecule has 1 aromatic carbocycles. The van der Waals surface area contributed by atoms with Gasteiger partial charge in [0.2, 0.25) is 0 Å². The van der Waals surface area contributed by atoms with E-state index in [0.717, 1.165) is 11.6 Å². The molecule has 0 saturated carbocycles. The van der Waals surface area contributed by atoms with E-state index in [4.69, 9.17) is 11.6 Å². The van der Waals surface area contributed by atoms with Crippen molar-refractivity contribution in [3.63, 3.8) is 0 Å². The fourth-order valence-corrected chi connectivity index (χ4v) is 3.52. The SMILES string of the molecule is O=C(NC1CCCn2c1nc(-c1ccncc1)cc2=O)c1cc(F)ccc1Cl. The zero-order chi connectivity index (χ0) is 19.7. The molecule has 0 bridgehead atoms. The number of hydrogen-bond donors (Lipinski definition) is 1. The van der Waals surface area contributed by atoms with Crippen molar-refractivity contribution in [2.24, 2.45) is 0 Å². The molecule has 0 aliphatic carbocycles. The summed E-state index contributed by atoms with van der Waals surface area (Å²) in [7, 11) is 0. The lowest BCUT2D eigenvalue weighted by atomic mass is 10.0. The number of rotatable bonds is 3. The smallest absolute Gasteiger partial charge is 0.254 e. The highest BCUT2D eigenvalue weighted by molar-refractivity contribution is 6.33. The molecule has 1 aliphatic heterocycles. The topological polar surface area (TPSA) is 76.9 Å². The van der Waals surface area contributed by atoms with Crippen molar-refractivity contribution >= 4 is 17.5 Å². The van der Waals surface area contributed by atoms with E-state index in [2.05, 4.69) is 15.3 Å². The lowest BCUT2D eigenvalue weighted by Crippen LogP contribution is -2.38. The van der Waals surface area contributed by atoms with Crippen molar-refractivity contribution in [3.05, 3.63) is 81.4 Å². The summed E-state index contributed by atoms with van der Waals surface area (Å²) in [5, 5.41) is 3.00. The van der Waals surface area contributed by atoms with Gasteiger partial charge in [0.1, 0.15) is 11.6 Å². The second-order valence-corrected chi connectivity index (χ2v) is 6.92. The molecule has 6 nitrogen and oxygen atoms in total. The number of hydrogen-bond acceptors (Lipinski definition) is 4. The Bertz CT molecular complexity index is 1100. The third kappa shape index (κ3) is 3.53. The number of nitrogens with one attached hydrogen (secondary N) is 1. The third-order valence-corrected chi connectivity index (χ3v) is 5.01. The van der Waals surface area contributed by atoms with E-state index in [1.54, 1.807) is 29.1 Å². The maximum absolute atomic E-state index is 13.5. The van der Waals surface area contributed by atoms with Crippen LogP contribution in [0.3, 0.4) is 0 Å². The highest BCUT2D eigenvalue weighted by Gasteiger charge is 2.26. The Balaban J connectivity index is 1.70. The summed E-state index contributed by atoms with van der Waals surface area (Å²) < 4.78 is 15.1. The van der Waals surface area contributed by atoms with Gasteiger partial charge in [0.15, 0.2) is 0 Å². The summed E-state index contributed by atoms with van der Waals surface area (Å²) in [6.45, 7) is 0.533. The van der Waals surface area contributed by atoms with Crippen LogP contribution in [0.2, 0.25) is 5.02 Å². The first-order chi connectivity index (χ1) is 13.5. The average Bonchev–Trinajstić information content (AvgIpc) is 2.71. The molecule has 3 aromatic rings. The second kappa shape index (κ2) is 7.52. The summed E-state index contributed by atoms with van der Waals surface area (Å²) in [6.07, 6.45) is 4.58. The van der Waals surface area contributed by atoms with Crippen LogP contribution in [0.25, 0.3) is 11.3 Å². The van der Waals surface area contributed by atoms with E-state index in [1.807, 2.05) is 0 Å². The Morgan fingerprint density at radius 2 is 2.00 bits per heavy atom. The second-order valence-electron chi connectivity index (χ2n) is 6.52. The number of aromatic nitrogens is 3. The van der Waals surface area contributed by atoms with Crippen LogP contribution < -0.4 is 10.9 Å². The lowest BCUT2D eigenvalue weighted by Gasteiger charge is -2.27. The van der Waals surface area contributed by atoms with Gasteiger partial charge in [-0.15, -0.1) is 0 Å². The molecule has 4 rings (SSSR count). The number of carbonyl (C=O) groups excluding carboxylic acids is 1. The lowest BCUT2D eigenvalue weighted by molar-refractivity contribution is 0.0927. The summed E-state index contributed by atoms with van der Waals surface area (Å²) >= 11 is 6.04. The first-order valence-electron chi connectivity index (χ1n) is 8.81. The van der Waals surface area contributed by atoms with Crippen molar-refractivity contribution in [3.8, 4) is 11.3 Å². The summed E-state index contributed by atoms with van der Waals surface area (Å²) in [4.78, 5) is 33.8. The Morgan fingerprint density at radius 3 is 2.79 bits per heavy atom.